The van der Waals surface area contributed by atoms with E-state index in [4.69, 9.17) is 13.6 Å². The molecular formula is C26H21O5. The summed E-state index contributed by atoms with van der Waals surface area (Å²) in [6.07, 6.45) is 5.48. The summed E-state index contributed by atoms with van der Waals surface area (Å²) in [5, 5.41) is 0.841. The van der Waals surface area contributed by atoms with Gasteiger partial charge in [-0.25, -0.2) is 4.79 Å². The molecule has 0 aliphatic carbocycles. The van der Waals surface area contributed by atoms with Gasteiger partial charge in [0.2, 0.25) is 0 Å². The molecule has 0 N–H and O–H groups in total. The Kier molecular flexibility index (Phi) is 4.19. The molecule has 0 saturated carbocycles. The Balaban J connectivity index is 1.94. The zero-order valence-corrected chi connectivity index (χ0v) is 17.8. The number of ether oxygens (including phenoxy) is 1. The molecule has 155 valence electrons. The van der Waals surface area contributed by atoms with E-state index in [0.717, 1.165) is 11.1 Å². The van der Waals surface area contributed by atoms with Gasteiger partial charge in [-0.3, -0.25) is 4.79 Å². The van der Waals surface area contributed by atoms with Gasteiger partial charge in [-0.1, -0.05) is 30.3 Å². The van der Waals surface area contributed by atoms with E-state index in [1.165, 1.54) is 6.07 Å². The van der Waals surface area contributed by atoms with Crippen LogP contribution >= 0.6 is 0 Å². The zero-order valence-electron chi connectivity index (χ0n) is 17.8. The van der Waals surface area contributed by atoms with Gasteiger partial charge in [0.25, 0.3) is 0 Å². The van der Waals surface area contributed by atoms with Crippen LogP contribution in [-0.4, -0.2) is 5.60 Å². The quantitative estimate of drug-likeness (QED) is 0.342. The molecule has 0 saturated heterocycles. The van der Waals surface area contributed by atoms with Crippen molar-refractivity contribution >= 4 is 21.9 Å². The van der Waals surface area contributed by atoms with E-state index in [2.05, 4.69) is 6.08 Å². The molecule has 1 aliphatic heterocycles. The fraction of sp³-hybridized carbons (Fsp3) is 0.231. The highest BCUT2D eigenvalue weighted by molar-refractivity contribution is 6.09. The van der Waals surface area contributed by atoms with E-state index in [1.807, 2.05) is 57.2 Å². The van der Waals surface area contributed by atoms with Crippen LogP contribution in [0.1, 0.15) is 41.9 Å². The predicted octanol–water partition coefficient (Wildman–Crippen LogP) is 4.99. The molecule has 5 rings (SSSR count). The topological polar surface area (TPSA) is 69.7 Å². The Bertz CT molecular complexity index is 1500. The van der Waals surface area contributed by atoms with Crippen LogP contribution in [0.4, 0.5) is 0 Å². The smallest absolute Gasteiger partial charge is 0.340 e. The fourth-order valence-electron chi connectivity index (χ4n) is 4.13. The van der Waals surface area contributed by atoms with Crippen LogP contribution in [0, 0.1) is 19.9 Å². The van der Waals surface area contributed by atoms with Gasteiger partial charge in [-0.15, -0.1) is 0 Å². The van der Waals surface area contributed by atoms with Crippen LogP contribution in [0.3, 0.4) is 0 Å². The van der Waals surface area contributed by atoms with Gasteiger partial charge in [0.1, 0.15) is 22.5 Å². The fourth-order valence-corrected chi connectivity index (χ4v) is 4.13. The lowest BCUT2D eigenvalue weighted by atomic mass is 9.93. The van der Waals surface area contributed by atoms with E-state index in [-0.39, 0.29) is 16.4 Å². The molecule has 0 fully saturated rings. The second-order valence-corrected chi connectivity index (χ2v) is 8.48. The van der Waals surface area contributed by atoms with Crippen LogP contribution in [0.5, 0.6) is 5.75 Å². The van der Waals surface area contributed by atoms with Crippen molar-refractivity contribution in [1.82, 2.24) is 0 Å². The number of rotatable bonds is 2. The molecule has 1 aliphatic rings. The van der Waals surface area contributed by atoms with Crippen LogP contribution in [-0.2, 0) is 6.42 Å². The van der Waals surface area contributed by atoms with Crippen LogP contribution in [0.15, 0.2) is 60.9 Å². The van der Waals surface area contributed by atoms with Crippen molar-refractivity contribution in [2.75, 3.05) is 0 Å². The van der Waals surface area contributed by atoms with E-state index in [0.29, 0.717) is 40.0 Å². The lowest BCUT2D eigenvalue weighted by molar-refractivity contribution is 0.158. The van der Waals surface area contributed by atoms with Crippen LogP contribution in [0.25, 0.3) is 21.9 Å². The average molecular weight is 413 g/mol. The summed E-state index contributed by atoms with van der Waals surface area (Å²) >= 11 is 0. The van der Waals surface area contributed by atoms with Gasteiger partial charge in [-0.05, 0) is 51.0 Å². The molecule has 2 aromatic carbocycles. The second kappa shape index (κ2) is 6.71. The van der Waals surface area contributed by atoms with E-state index >= 15 is 0 Å². The molecule has 0 spiro atoms. The first-order valence-corrected chi connectivity index (χ1v) is 10.2. The number of fused-ring (bicyclic) bond motifs is 6. The average Bonchev–Trinajstić information content (AvgIpc) is 2.70. The summed E-state index contributed by atoms with van der Waals surface area (Å²) < 4.78 is 18.0. The summed E-state index contributed by atoms with van der Waals surface area (Å²) in [6.45, 7) is 7.42. The third-order valence-electron chi connectivity index (χ3n) is 5.63. The summed E-state index contributed by atoms with van der Waals surface area (Å²) in [5.41, 5.74) is 1.99. The van der Waals surface area contributed by atoms with E-state index in [9.17, 15) is 9.59 Å². The number of hydrogen-bond donors (Lipinski definition) is 0. The molecule has 31 heavy (non-hydrogen) atoms. The minimum Gasteiger partial charge on any atom is -0.482 e. The third-order valence-corrected chi connectivity index (χ3v) is 5.63. The molecule has 2 aromatic heterocycles. The molecule has 0 atom stereocenters. The summed E-state index contributed by atoms with van der Waals surface area (Å²) in [7, 11) is 0. The monoisotopic (exact) mass is 413 g/mol. The second-order valence-electron chi connectivity index (χ2n) is 8.48. The van der Waals surface area contributed by atoms with Crippen molar-refractivity contribution in [3.63, 3.8) is 0 Å². The Morgan fingerprint density at radius 1 is 0.968 bits per heavy atom. The maximum absolute atomic E-state index is 13.0. The largest absolute Gasteiger partial charge is 0.482 e. The zero-order chi connectivity index (χ0) is 21.9. The van der Waals surface area contributed by atoms with Crippen molar-refractivity contribution in [3.05, 3.63) is 97.2 Å². The van der Waals surface area contributed by atoms with Crippen molar-refractivity contribution in [1.29, 1.82) is 0 Å². The van der Waals surface area contributed by atoms with Gasteiger partial charge >= 0.3 is 5.63 Å². The SMILES string of the molecule is Cc1cc(=O)c2c(o1)c1c(c3c(C)c(Cc4ccccc4)c(=O)oc32)OC(C)(C)C=[C]1. The van der Waals surface area contributed by atoms with Gasteiger partial charge in [0.05, 0.1) is 10.9 Å². The molecular weight excluding hydrogens is 392 g/mol. The van der Waals surface area contributed by atoms with Gasteiger partial charge < -0.3 is 13.6 Å². The standard InChI is InChI=1S/C26H21O5/c1-14-12-19(27)21-22(29-14)17-10-11-26(3,4)31-23(17)20-15(2)18(25(28)30-24(20)21)13-16-8-6-5-7-9-16/h5-9,11-12H,13H2,1-4H3. The highest BCUT2D eigenvalue weighted by atomic mass is 16.5. The molecule has 5 nitrogen and oxygen atoms in total. The van der Waals surface area contributed by atoms with Crippen molar-refractivity contribution in [3.8, 4) is 5.75 Å². The Labute approximate surface area is 178 Å². The lowest BCUT2D eigenvalue weighted by Gasteiger charge is -2.29. The van der Waals surface area contributed by atoms with Gasteiger partial charge in [0.15, 0.2) is 16.6 Å². The highest BCUT2D eigenvalue weighted by Gasteiger charge is 2.30. The minimum absolute atomic E-state index is 0.196. The molecule has 0 amide bonds. The lowest BCUT2D eigenvalue weighted by Crippen LogP contribution is -2.28. The van der Waals surface area contributed by atoms with E-state index in [1.54, 1.807) is 6.92 Å². The van der Waals surface area contributed by atoms with Crippen molar-refractivity contribution in [2.45, 2.75) is 39.7 Å². The van der Waals surface area contributed by atoms with Crippen LogP contribution in [0.2, 0.25) is 0 Å². The van der Waals surface area contributed by atoms with Crippen molar-refractivity contribution in [2.24, 2.45) is 0 Å². The Morgan fingerprint density at radius 2 is 1.71 bits per heavy atom. The Hall–Kier alpha value is -3.60. The highest BCUT2D eigenvalue weighted by Crippen LogP contribution is 2.43. The maximum atomic E-state index is 13.0. The number of hydrogen-bond acceptors (Lipinski definition) is 5. The summed E-state index contributed by atoms with van der Waals surface area (Å²) in [5.74, 6) is 0.977. The van der Waals surface area contributed by atoms with E-state index < -0.39 is 11.2 Å². The predicted molar refractivity (Wildman–Crippen MR) is 119 cm³/mol. The molecule has 5 heteroatoms. The molecule has 3 heterocycles. The molecule has 4 aromatic rings. The summed E-state index contributed by atoms with van der Waals surface area (Å²) in [4.78, 5) is 25.9. The normalized spacial score (nSPS) is 14.6. The first-order valence-electron chi connectivity index (χ1n) is 10.2. The van der Waals surface area contributed by atoms with Gasteiger partial charge in [-0.2, -0.15) is 0 Å². The summed E-state index contributed by atoms with van der Waals surface area (Å²) in [6, 6.07) is 11.1. The number of aryl methyl sites for hydroxylation is 2. The first-order chi connectivity index (χ1) is 14.7. The molecule has 1 radical (unpaired) electrons. The van der Waals surface area contributed by atoms with Crippen molar-refractivity contribution < 1.29 is 13.6 Å². The third kappa shape index (κ3) is 3.08. The minimum atomic E-state index is -0.611. The number of benzene rings is 2. The van der Waals surface area contributed by atoms with Gasteiger partial charge in [0, 0.05) is 18.1 Å². The Morgan fingerprint density at radius 3 is 2.45 bits per heavy atom. The maximum Gasteiger partial charge on any atom is 0.340 e. The first kappa shape index (κ1) is 19.4. The molecule has 0 unspecified atom stereocenters. The van der Waals surface area contributed by atoms with Crippen LogP contribution < -0.4 is 15.8 Å². The molecule has 0 bridgehead atoms.